The molecule has 1 aromatic heterocycles. The number of halogens is 3. The Morgan fingerprint density at radius 2 is 1.86 bits per heavy atom. The first kappa shape index (κ1) is 14.6. The molecule has 1 aromatic carbocycles. The molecular formula is C13H9F3N2O3. The summed E-state index contributed by atoms with van der Waals surface area (Å²) in [7, 11) is 0. The Labute approximate surface area is 116 Å². The van der Waals surface area contributed by atoms with Crippen LogP contribution in [0.1, 0.15) is 15.9 Å². The second kappa shape index (κ2) is 5.31. The molecule has 0 saturated carbocycles. The smallest absolute Gasteiger partial charge is 0.418 e. The third-order valence-electron chi connectivity index (χ3n) is 2.57. The van der Waals surface area contributed by atoms with E-state index in [1.54, 1.807) is 0 Å². The van der Waals surface area contributed by atoms with Crippen LogP contribution in [-0.4, -0.2) is 16.0 Å². The molecule has 0 atom stereocenters. The number of para-hydroxylation sites is 1. The summed E-state index contributed by atoms with van der Waals surface area (Å²) in [4.78, 5) is 25.0. The minimum atomic E-state index is -4.62. The maximum Gasteiger partial charge on any atom is 0.418 e. The van der Waals surface area contributed by atoms with Gasteiger partial charge in [0.05, 0.1) is 16.8 Å². The number of alkyl halides is 3. The van der Waals surface area contributed by atoms with Crippen LogP contribution in [0, 0.1) is 0 Å². The highest BCUT2D eigenvalue weighted by atomic mass is 19.4. The van der Waals surface area contributed by atoms with Crippen LogP contribution in [0.4, 0.5) is 18.9 Å². The monoisotopic (exact) mass is 298 g/mol. The number of H-pyrrole nitrogens is 1. The standard InChI is InChI=1S/C13H9F3N2O3/c14-13(15,16)8-3-1-2-4-9(8)17-12(21)7-5-10(19)18-11(20)6-7/h1-6H,(H,17,21)(H2,18,19,20). The molecule has 0 aliphatic rings. The quantitative estimate of drug-likeness (QED) is 0.796. The molecule has 110 valence electrons. The summed E-state index contributed by atoms with van der Waals surface area (Å²) in [5.74, 6) is -1.50. The highest BCUT2D eigenvalue weighted by molar-refractivity contribution is 6.04. The summed E-state index contributed by atoms with van der Waals surface area (Å²) in [6, 6.07) is 6.24. The summed E-state index contributed by atoms with van der Waals surface area (Å²) in [5, 5.41) is 11.2. The fraction of sp³-hybridized carbons (Fsp3) is 0.0769. The third-order valence-corrected chi connectivity index (χ3v) is 2.57. The van der Waals surface area contributed by atoms with Crippen molar-refractivity contribution in [2.45, 2.75) is 6.18 Å². The molecule has 0 saturated heterocycles. The van der Waals surface area contributed by atoms with Gasteiger partial charge in [0.1, 0.15) is 0 Å². The number of nitrogens with one attached hydrogen (secondary N) is 2. The Hall–Kier alpha value is -2.77. The van der Waals surface area contributed by atoms with Crippen molar-refractivity contribution in [3.63, 3.8) is 0 Å². The van der Waals surface area contributed by atoms with E-state index in [1.807, 2.05) is 4.98 Å². The van der Waals surface area contributed by atoms with E-state index in [2.05, 4.69) is 5.32 Å². The highest BCUT2D eigenvalue weighted by Gasteiger charge is 2.33. The first-order chi connectivity index (χ1) is 9.77. The molecule has 0 radical (unpaired) electrons. The Morgan fingerprint density at radius 1 is 1.19 bits per heavy atom. The number of pyridine rings is 1. The number of carbonyl (C=O) groups excluding carboxylic acids is 1. The van der Waals surface area contributed by atoms with Gasteiger partial charge in [-0.2, -0.15) is 13.2 Å². The molecule has 2 aromatic rings. The van der Waals surface area contributed by atoms with Crippen molar-refractivity contribution in [1.29, 1.82) is 0 Å². The van der Waals surface area contributed by atoms with E-state index in [1.165, 1.54) is 12.1 Å². The number of aromatic nitrogens is 1. The molecule has 8 heteroatoms. The van der Waals surface area contributed by atoms with Crippen LogP contribution >= 0.6 is 0 Å². The van der Waals surface area contributed by atoms with Crippen molar-refractivity contribution in [1.82, 2.24) is 4.98 Å². The lowest BCUT2D eigenvalue weighted by Crippen LogP contribution is -2.18. The zero-order valence-electron chi connectivity index (χ0n) is 10.4. The number of aromatic hydroxyl groups is 1. The Balaban J connectivity index is 2.34. The first-order valence-electron chi connectivity index (χ1n) is 5.68. The van der Waals surface area contributed by atoms with Crippen molar-refractivity contribution in [2.75, 3.05) is 5.32 Å². The number of aromatic amines is 1. The molecule has 5 nitrogen and oxygen atoms in total. The van der Waals surface area contributed by atoms with Crippen LogP contribution in [0.15, 0.2) is 41.2 Å². The molecule has 2 rings (SSSR count). The van der Waals surface area contributed by atoms with E-state index >= 15 is 0 Å². The number of amides is 1. The predicted octanol–water partition coefficient (Wildman–Crippen LogP) is 2.35. The maximum atomic E-state index is 12.8. The van der Waals surface area contributed by atoms with Gasteiger partial charge in [0.15, 0.2) is 5.88 Å². The fourth-order valence-corrected chi connectivity index (χ4v) is 1.69. The SMILES string of the molecule is O=C(Nc1ccccc1C(F)(F)F)c1cc(O)[nH]c(=O)c1. The average molecular weight is 298 g/mol. The number of rotatable bonds is 2. The molecule has 0 fully saturated rings. The maximum absolute atomic E-state index is 12.8. The average Bonchev–Trinajstić information content (AvgIpc) is 2.37. The van der Waals surface area contributed by atoms with Crippen LogP contribution in [0.2, 0.25) is 0 Å². The van der Waals surface area contributed by atoms with Crippen LogP contribution in [0.5, 0.6) is 5.88 Å². The molecule has 1 heterocycles. The summed E-state index contributed by atoms with van der Waals surface area (Å²) in [6.45, 7) is 0. The number of carbonyl (C=O) groups is 1. The second-order valence-corrected chi connectivity index (χ2v) is 4.12. The van der Waals surface area contributed by atoms with E-state index in [4.69, 9.17) is 0 Å². The minimum Gasteiger partial charge on any atom is -0.494 e. The van der Waals surface area contributed by atoms with Crippen molar-refractivity contribution in [3.05, 3.63) is 57.9 Å². The lowest BCUT2D eigenvalue weighted by Gasteiger charge is -2.13. The van der Waals surface area contributed by atoms with Gasteiger partial charge in [-0.3, -0.25) is 14.6 Å². The highest BCUT2D eigenvalue weighted by Crippen LogP contribution is 2.34. The third kappa shape index (κ3) is 3.41. The summed E-state index contributed by atoms with van der Waals surface area (Å²) in [6.07, 6.45) is -4.62. The summed E-state index contributed by atoms with van der Waals surface area (Å²) < 4.78 is 38.3. The van der Waals surface area contributed by atoms with Gasteiger partial charge < -0.3 is 10.4 Å². The molecule has 0 aliphatic carbocycles. The van der Waals surface area contributed by atoms with E-state index < -0.39 is 34.8 Å². The predicted molar refractivity (Wildman–Crippen MR) is 68.1 cm³/mol. The lowest BCUT2D eigenvalue weighted by atomic mass is 10.1. The Morgan fingerprint density at radius 3 is 2.48 bits per heavy atom. The summed E-state index contributed by atoms with van der Waals surface area (Å²) >= 11 is 0. The Kier molecular flexibility index (Phi) is 3.70. The number of anilines is 1. The Bertz CT molecular complexity index is 738. The van der Waals surface area contributed by atoms with Gasteiger partial charge in [-0.05, 0) is 12.1 Å². The summed E-state index contributed by atoms with van der Waals surface area (Å²) in [5.41, 5.74) is -2.44. The molecule has 21 heavy (non-hydrogen) atoms. The fourth-order valence-electron chi connectivity index (χ4n) is 1.69. The van der Waals surface area contributed by atoms with Crippen LogP contribution in [0.25, 0.3) is 0 Å². The van der Waals surface area contributed by atoms with E-state index in [-0.39, 0.29) is 5.56 Å². The van der Waals surface area contributed by atoms with Gasteiger partial charge in [0, 0.05) is 12.1 Å². The largest absolute Gasteiger partial charge is 0.494 e. The first-order valence-corrected chi connectivity index (χ1v) is 5.68. The van der Waals surface area contributed by atoms with E-state index in [0.717, 1.165) is 24.3 Å². The van der Waals surface area contributed by atoms with Gasteiger partial charge in [-0.25, -0.2) is 0 Å². The second-order valence-electron chi connectivity index (χ2n) is 4.12. The van der Waals surface area contributed by atoms with Crippen molar-refractivity contribution < 1.29 is 23.1 Å². The van der Waals surface area contributed by atoms with Crippen molar-refractivity contribution in [2.24, 2.45) is 0 Å². The molecule has 1 amide bonds. The van der Waals surface area contributed by atoms with E-state index in [0.29, 0.717) is 0 Å². The van der Waals surface area contributed by atoms with Gasteiger partial charge in [0.25, 0.3) is 11.5 Å². The lowest BCUT2D eigenvalue weighted by molar-refractivity contribution is -0.136. The molecule has 0 spiro atoms. The van der Waals surface area contributed by atoms with Crippen molar-refractivity contribution in [3.8, 4) is 5.88 Å². The normalized spacial score (nSPS) is 11.2. The van der Waals surface area contributed by atoms with Crippen molar-refractivity contribution >= 4 is 11.6 Å². The van der Waals surface area contributed by atoms with E-state index in [9.17, 15) is 27.9 Å². The van der Waals surface area contributed by atoms with Crippen LogP contribution in [0.3, 0.4) is 0 Å². The zero-order valence-corrected chi connectivity index (χ0v) is 10.4. The van der Waals surface area contributed by atoms with Crippen LogP contribution in [-0.2, 0) is 6.18 Å². The molecular weight excluding hydrogens is 289 g/mol. The number of hydrogen-bond acceptors (Lipinski definition) is 3. The topological polar surface area (TPSA) is 82.2 Å². The minimum absolute atomic E-state index is 0.256. The van der Waals surface area contributed by atoms with Gasteiger partial charge >= 0.3 is 6.18 Å². The molecule has 3 N–H and O–H groups in total. The van der Waals surface area contributed by atoms with Crippen LogP contribution < -0.4 is 10.9 Å². The number of benzene rings is 1. The van der Waals surface area contributed by atoms with Gasteiger partial charge in [0.2, 0.25) is 0 Å². The molecule has 0 bridgehead atoms. The van der Waals surface area contributed by atoms with Gasteiger partial charge in [-0.15, -0.1) is 0 Å². The zero-order chi connectivity index (χ0) is 15.6. The van der Waals surface area contributed by atoms with Gasteiger partial charge in [-0.1, -0.05) is 12.1 Å². The molecule has 0 unspecified atom stereocenters. The molecule has 0 aliphatic heterocycles. The number of hydrogen-bond donors (Lipinski definition) is 3.